The van der Waals surface area contributed by atoms with Gasteiger partial charge in [0.1, 0.15) is 5.76 Å². The van der Waals surface area contributed by atoms with Gasteiger partial charge in [-0.2, -0.15) is 0 Å². The molecule has 0 aromatic rings. The molecule has 0 fully saturated rings. The molecule has 3 N–H and O–H groups in total. The van der Waals surface area contributed by atoms with Crippen molar-refractivity contribution >= 4 is 5.97 Å². The van der Waals surface area contributed by atoms with Gasteiger partial charge >= 0.3 is 5.97 Å². The summed E-state index contributed by atoms with van der Waals surface area (Å²) in [6.45, 7) is 7.64. The number of aliphatic hydroxyl groups excluding tert-OH is 1. The number of carboxylic acid groups (broad SMARTS) is 1. The van der Waals surface area contributed by atoms with Crippen molar-refractivity contribution in [1.29, 1.82) is 0 Å². The second kappa shape index (κ2) is 9.25. The summed E-state index contributed by atoms with van der Waals surface area (Å²) in [5, 5.41) is 21.5. The van der Waals surface area contributed by atoms with Crippen LogP contribution in [0.4, 0.5) is 0 Å². The van der Waals surface area contributed by atoms with E-state index in [-0.39, 0.29) is 11.8 Å². The molecule has 1 rings (SSSR count). The zero-order valence-electron chi connectivity index (χ0n) is 12.2. The maximum atomic E-state index is 10.8. The van der Waals surface area contributed by atoms with Crippen molar-refractivity contribution in [1.82, 2.24) is 5.32 Å². The lowest BCUT2D eigenvalue weighted by molar-refractivity contribution is -0.141. The molecule has 2 atom stereocenters. The Hall–Kier alpha value is -1.71. The Morgan fingerprint density at radius 2 is 2.16 bits per heavy atom. The quantitative estimate of drug-likeness (QED) is 0.733. The van der Waals surface area contributed by atoms with Crippen molar-refractivity contribution in [2.24, 2.45) is 5.92 Å². The lowest BCUT2D eigenvalue weighted by atomic mass is 9.99. The van der Waals surface area contributed by atoms with Crippen molar-refractivity contribution in [3.05, 3.63) is 35.8 Å². The average Bonchev–Trinajstić information content (AvgIpc) is 2.47. The summed E-state index contributed by atoms with van der Waals surface area (Å²) < 4.78 is 0. The van der Waals surface area contributed by atoms with Crippen LogP contribution >= 0.6 is 0 Å². The van der Waals surface area contributed by atoms with Gasteiger partial charge in [0.25, 0.3) is 0 Å². The van der Waals surface area contributed by atoms with Gasteiger partial charge in [0, 0.05) is 6.04 Å². The second-order valence-corrected chi connectivity index (χ2v) is 4.39. The summed E-state index contributed by atoms with van der Waals surface area (Å²) in [6.07, 6.45) is 8.09. The van der Waals surface area contributed by atoms with Crippen molar-refractivity contribution in [2.45, 2.75) is 46.6 Å². The second-order valence-electron chi connectivity index (χ2n) is 4.39. The minimum atomic E-state index is -0.801. The van der Waals surface area contributed by atoms with Crippen LogP contribution in [-0.4, -0.2) is 22.2 Å². The lowest BCUT2D eigenvalue weighted by Gasteiger charge is -2.11. The first-order valence-electron chi connectivity index (χ1n) is 6.73. The summed E-state index contributed by atoms with van der Waals surface area (Å²) in [5.41, 5.74) is 0.974. The van der Waals surface area contributed by atoms with E-state index in [1.165, 1.54) is 0 Å². The van der Waals surface area contributed by atoms with Crippen LogP contribution in [0.25, 0.3) is 0 Å². The van der Waals surface area contributed by atoms with Crippen molar-refractivity contribution < 1.29 is 15.0 Å². The molecule has 0 bridgehead atoms. The Bertz CT molecular complexity index is 370. The first kappa shape index (κ1) is 17.3. The van der Waals surface area contributed by atoms with Gasteiger partial charge in [-0.1, -0.05) is 26.8 Å². The van der Waals surface area contributed by atoms with Gasteiger partial charge in [-0.3, -0.25) is 4.79 Å². The molecule has 0 saturated carbocycles. The van der Waals surface area contributed by atoms with E-state index in [1.807, 2.05) is 33.0 Å². The monoisotopic (exact) mass is 267 g/mol. The zero-order chi connectivity index (χ0) is 14.8. The third-order valence-electron chi connectivity index (χ3n) is 2.67. The number of allylic oxidation sites excluding steroid dienone is 3. The zero-order valence-corrected chi connectivity index (χ0v) is 12.2. The summed E-state index contributed by atoms with van der Waals surface area (Å²) in [7, 11) is 0. The predicted molar refractivity (Wildman–Crippen MR) is 77.9 cm³/mol. The highest BCUT2D eigenvalue weighted by atomic mass is 16.4. The molecule has 0 amide bonds. The van der Waals surface area contributed by atoms with Crippen molar-refractivity contribution in [2.75, 3.05) is 0 Å². The molecule has 19 heavy (non-hydrogen) atoms. The Balaban J connectivity index is 0.00000154. The van der Waals surface area contributed by atoms with Gasteiger partial charge in [0.05, 0.1) is 5.92 Å². The number of rotatable bonds is 3. The number of hydrogen-bond acceptors (Lipinski definition) is 3. The summed E-state index contributed by atoms with van der Waals surface area (Å²) in [4.78, 5) is 10.8. The fourth-order valence-electron chi connectivity index (χ4n) is 1.53. The highest BCUT2D eigenvalue weighted by Gasteiger charge is 2.13. The Morgan fingerprint density at radius 3 is 2.74 bits per heavy atom. The van der Waals surface area contributed by atoms with E-state index in [0.717, 1.165) is 5.57 Å². The van der Waals surface area contributed by atoms with Crippen LogP contribution in [0.1, 0.15) is 40.5 Å². The molecule has 1 heterocycles. The highest BCUT2D eigenvalue weighted by Crippen LogP contribution is 2.17. The number of nitrogens with one attached hydrogen (secondary N) is 1. The van der Waals surface area contributed by atoms with E-state index in [9.17, 15) is 9.90 Å². The number of carboxylic acids is 1. The van der Waals surface area contributed by atoms with Crippen LogP contribution in [0, 0.1) is 5.92 Å². The van der Waals surface area contributed by atoms with Crippen LogP contribution in [0.3, 0.4) is 0 Å². The SMILES string of the molecule is CC.CC1/C=C\C(O)=C/C/C(C[C@H](C)C(=O)O)=C\N1. The minimum absolute atomic E-state index is 0.110. The van der Waals surface area contributed by atoms with Crippen LogP contribution < -0.4 is 5.32 Å². The first-order chi connectivity index (χ1) is 8.99. The molecule has 0 aliphatic carbocycles. The van der Waals surface area contributed by atoms with Gasteiger partial charge in [0.15, 0.2) is 0 Å². The predicted octanol–water partition coefficient (Wildman–Crippen LogP) is 3.39. The molecule has 1 aliphatic rings. The average molecular weight is 267 g/mol. The van der Waals surface area contributed by atoms with E-state index in [0.29, 0.717) is 12.8 Å². The molecule has 108 valence electrons. The van der Waals surface area contributed by atoms with E-state index >= 15 is 0 Å². The largest absolute Gasteiger partial charge is 0.508 e. The molecule has 0 aromatic carbocycles. The maximum absolute atomic E-state index is 10.8. The maximum Gasteiger partial charge on any atom is 0.306 e. The van der Waals surface area contributed by atoms with Crippen molar-refractivity contribution in [3.63, 3.8) is 0 Å². The summed E-state index contributed by atoms with van der Waals surface area (Å²) in [5.74, 6) is -0.998. The smallest absolute Gasteiger partial charge is 0.306 e. The van der Waals surface area contributed by atoms with Gasteiger partial charge in [0.2, 0.25) is 0 Å². The molecular formula is C15H25NO3. The number of hydrogen-bond donors (Lipinski definition) is 3. The Labute approximate surface area is 115 Å². The van der Waals surface area contributed by atoms with Gasteiger partial charge in [-0.15, -0.1) is 0 Å². The Morgan fingerprint density at radius 1 is 1.53 bits per heavy atom. The van der Waals surface area contributed by atoms with E-state index in [1.54, 1.807) is 19.1 Å². The fourth-order valence-corrected chi connectivity index (χ4v) is 1.53. The molecule has 0 aromatic heterocycles. The molecule has 0 spiro atoms. The van der Waals surface area contributed by atoms with E-state index in [2.05, 4.69) is 5.32 Å². The molecule has 4 nitrogen and oxygen atoms in total. The van der Waals surface area contributed by atoms with Gasteiger partial charge in [-0.25, -0.2) is 0 Å². The third kappa shape index (κ3) is 7.34. The summed E-state index contributed by atoms with van der Waals surface area (Å²) >= 11 is 0. The molecule has 1 aliphatic heterocycles. The van der Waals surface area contributed by atoms with Gasteiger partial charge < -0.3 is 15.5 Å². The van der Waals surface area contributed by atoms with Crippen LogP contribution in [-0.2, 0) is 4.79 Å². The normalized spacial score (nSPS) is 27.5. The molecule has 0 radical (unpaired) electrons. The first-order valence-corrected chi connectivity index (χ1v) is 6.73. The standard InChI is InChI=1S/C13H19NO3.C2H6/c1-9(13(16)17)7-11-4-6-12(15)5-3-10(2)14-8-11;1-2/h3,5-6,8-10,14-15H,4,7H2,1-2H3,(H,16,17);1-2H3/b5-3-,11-8+,12-6+;/t9-,10?;/m0./s1. The topological polar surface area (TPSA) is 69.6 Å². The molecule has 1 unspecified atom stereocenters. The number of carbonyl (C=O) groups is 1. The van der Waals surface area contributed by atoms with E-state index < -0.39 is 11.9 Å². The summed E-state index contributed by atoms with van der Waals surface area (Å²) in [6, 6.07) is 0.110. The van der Waals surface area contributed by atoms with Crippen molar-refractivity contribution in [3.8, 4) is 0 Å². The number of aliphatic hydroxyl groups is 1. The molecule has 0 saturated heterocycles. The van der Waals surface area contributed by atoms with Crippen LogP contribution in [0.15, 0.2) is 35.8 Å². The highest BCUT2D eigenvalue weighted by molar-refractivity contribution is 5.69. The minimum Gasteiger partial charge on any atom is -0.508 e. The van der Waals surface area contributed by atoms with Gasteiger partial charge in [-0.05, 0) is 43.7 Å². The third-order valence-corrected chi connectivity index (χ3v) is 2.67. The van der Waals surface area contributed by atoms with E-state index in [4.69, 9.17) is 5.11 Å². The fraction of sp³-hybridized carbons (Fsp3) is 0.533. The number of aliphatic carboxylic acids is 1. The lowest BCUT2D eigenvalue weighted by Crippen LogP contribution is -2.18. The van der Waals surface area contributed by atoms with Crippen LogP contribution in [0.5, 0.6) is 0 Å². The Kier molecular flexibility index (Phi) is 8.42. The molecule has 4 heteroatoms. The van der Waals surface area contributed by atoms with Crippen LogP contribution in [0.2, 0.25) is 0 Å². The molecular weight excluding hydrogens is 242 g/mol.